The molecule has 1 amide bonds. The summed E-state index contributed by atoms with van der Waals surface area (Å²) in [5.41, 5.74) is 1.76. The van der Waals surface area contributed by atoms with Gasteiger partial charge in [0.1, 0.15) is 0 Å². The van der Waals surface area contributed by atoms with E-state index >= 15 is 0 Å². The molecule has 0 aromatic heterocycles. The fourth-order valence-corrected chi connectivity index (χ4v) is 2.53. The molecule has 0 aliphatic heterocycles. The van der Waals surface area contributed by atoms with Gasteiger partial charge in [0.15, 0.2) is 5.75 Å². The van der Waals surface area contributed by atoms with Gasteiger partial charge in [-0.25, -0.2) is 0 Å². The van der Waals surface area contributed by atoms with Crippen LogP contribution < -0.4 is 10.1 Å². The molecule has 2 rings (SSSR count). The van der Waals surface area contributed by atoms with E-state index in [0.717, 1.165) is 17.7 Å². The first-order chi connectivity index (χ1) is 12.0. The number of nitrogens with one attached hydrogen (secondary N) is 1. The predicted octanol–water partition coefficient (Wildman–Crippen LogP) is 4.76. The maximum atomic E-state index is 12.5. The fraction of sp³-hybridized carbons (Fsp3) is 0.316. The zero-order chi connectivity index (χ0) is 18.4. The third kappa shape index (κ3) is 4.35. The van der Waals surface area contributed by atoms with Gasteiger partial charge >= 0.3 is 5.69 Å². The Kier molecular flexibility index (Phi) is 6.11. The average Bonchev–Trinajstić information content (AvgIpc) is 2.61. The molecule has 6 heteroatoms. The monoisotopic (exact) mass is 342 g/mol. The molecule has 0 spiro atoms. The zero-order valence-corrected chi connectivity index (χ0v) is 14.6. The van der Waals surface area contributed by atoms with Crippen LogP contribution >= 0.6 is 0 Å². The lowest BCUT2D eigenvalue weighted by molar-refractivity contribution is -0.385. The SMILES string of the molecule is CCOc1ccc(C(=O)Nc2ccccc2[C@@H](C)CC)cc1[N+](=O)[O-]. The molecule has 0 radical (unpaired) electrons. The molecule has 0 bridgehead atoms. The van der Waals surface area contributed by atoms with Crippen LogP contribution in [0.5, 0.6) is 5.75 Å². The second-order valence-electron chi connectivity index (χ2n) is 5.72. The van der Waals surface area contributed by atoms with E-state index in [2.05, 4.69) is 19.2 Å². The van der Waals surface area contributed by atoms with E-state index in [-0.39, 0.29) is 22.9 Å². The van der Waals surface area contributed by atoms with Gasteiger partial charge in [-0.15, -0.1) is 0 Å². The predicted molar refractivity (Wildman–Crippen MR) is 97.4 cm³/mol. The maximum absolute atomic E-state index is 12.5. The van der Waals surface area contributed by atoms with Gasteiger partial charge in [-0.3, -0.25) is 14.9 Å². The van der Waals surface area contributed by atoms with Crippen molar-refractivity contribution in [3.63, 3.8) is 0 Å². The fourth-order valence-electron chi connectivity index (χ4n) is 2.53. The molecule has 0 aliphatic rings. The minimum absolute atomic E-state index is 0.157. The number of anilines is 1. The number of nitro groups is 1. The lowest BCUT2D eigenvalue weighted by Gasteiger charge is -2.15. The summed E-state index contributed by atoms with van der Waals surface area (Å²) in [5, 5.41) is 14.1. The molecule has 132 valence electrons. The van der Waals surface area contributed by atoms with Crippen molar-refractivity contribution in [1.82, 2.24) is 0 Å². The Balaban J connectivity index is 2.30. The van der Waals surface area contributed by atoms with Crippen molar-refractivity contribution in [2.45, 2.75) is 33.1 Å². The number of nitro benzene ring substituents is 1. The minimum Gasteiger partial charge on any atom is -0.487 e. The van der Waals surface area contributed by atoms with Crippen LogP contribution in [0.25, 0.3) is 0 Å². The molecule has 6 nitrogen and oxygen atoms in total. The van der Waals surface area contributed by atoms with E-state index in [1.165, 1.54) is 18.2 Å². The summed E-state index contributed by atoms with van der Waals surface area (Å²) in [5.74, 6) is 0.0668. The first-order valence-corrected chi connectivity index (χ1v) is 8.29. The van der Waals surface area contributed by atoms with Gasteiger partial charge in [0.05, 0.1) is 11.5 Å². The maximum Gasteiger partial charge on any atom is 0.311 e. The van der Waals surface area contributed by atoms with Crippen molar-refractivity contribution in [3.05, 3.63) is 63.7 Å². The molecule has 1 N–H and O–H groups in total. The standard InChI is InChI=1S/C19H22N2O4/c1-4-13(3)15-8-6-7-9-16(15)20-19(22)14-10-11-18(25-5-2)17(12-14)21(23)24/h6-13H,4-5H2,1-3H3,(H,20,22)/t13-/m0/s1. The van der Waals surface area contributed by atoms with Crippen LogP contribution in [-0.4, -0.2) is 17.4 Å². The number of benzene rings is 2. The molecule has 2 aromatic rings. The number of hydrogen-bond acceptors (Lipinski definition) is 4. The van der Waals surface area contributed by atoms with Gasteiger partial charge in [-0.1, -0.05) is 32.0 Å². The van der Waals surface area contributed by atoms with Crippen LogP contribution in [0.4, 0.5) is 11.4 Å². The van der Waals surface area contributed by atoms with Crippen LogP contribution in [0.3, 0.4) is 0 Å². The van der Waals surface area contributed by atoms with Gasteiger partial charge in [0.2, 0.25) is 0 Å². The van der Waals surface area contributed by atoms with Crippen molar-refractivity contribution in [2.24, 2.45) is 0 Å². The van der Waals surface area contributed by atoms with Crippen LogP contribution in [0.1, 0.15) is 49.0 Å². The Labute approximate surface area is 147 Å². The Morgan fingerprint density at radius 2 is 1.96 bits per heavy atom. The molecule has 0 fully saturated rings. The van der Waals surface area contributed by atoms with Crippen molar-refractivity contribution in [2.75, 3.05) is 11.9 Å². The first-order valence-electron chi connectivity index (χ1n) is 8.29. The highest BCUT2D eigenvalue weighted by atomic mass is 16.6. The number of para-hydroxylation sites is 1. The van der Waals surface area contributed by atoms with Crippen molar-refractivity contribution in [1.29, 1.82) is 0 Å². The van der Waals surface area contributed by atoms with E-state index in [9.17, 15) is 14.9 Å². The molecule has 2 aromatic carbocycles. The Hall–Kier alpha value is -2.89. The summed E-state index contributed by atoms with van der Waals surface area (Å²) in [6, 6.07) is 11.8. The minimum atomic E-state index is -0.547. The number of nitrogens with zero attached hydrogens (tertiary/aromatic N) is 1. The summed E-state index contributed by atoms with van der Waals surface area (Å²) in [4.78, 5) is 23.2. The quantitative estimate of drug-likeness (QED) is 0.581. The van der Waals surface area contributed by atoms with E-state index in [0.29, 0.717) is 12.5 Å². The van der Waals surface area contributed by atoms with E-state index in [4.69, 9.17) is 4.74 Å². The number of carbonyl (C=O) groups is 1. The average molecular weight is 342 g/mol. The molecule has 0 unspecified atom stereocenters. The van der Waals surface area contributed by atoms with Crippen LogP contribution in [0.15, 0.2) is 42.5 Å². The number of amides is 1. The van der Waals surface area contributed by atoms with Crippen LogP contribution in [0, 0.1) is 10.1 Å². The number of carbonyl (C=O) groups excluding carboxylic acids is 1. The van der Waals surface area contributed by atoms with Crippen molar-refractivity contribution < 1.29 is 14.5 Å². The molecular weight excluding hydrogens is 320 g/mol. The molecule has 0 saturated heterocycles. The van der Waals surface area contributed by atoms with Gasteiger partial charge in [-0.2, -0.15) is 0 Å². The van der Waals surface area contributed by atoms with Crippen molar-refractivity contribution in [3.8, 4) is 5.75 Å². The summed E-state index contributed by atoms with van der Waals surface area (Å²) >= 11 is 0. The molecule has 25 heavy (non-hydrogen) atoms. The Morgan fingerprint density at radius 3 is 2.60 bits per heavy atom. The topological polar surface area (TPSA) is 81.5 Å². The van der Waals surface area contributed by atoms with Crippen LogP contribution in [0.2, 0.25) is 0 Å². The summed E-state index contributed by atoms with van der Waals surface area (Å²) in [7, 11) is 0. The molecule has 1 atom stereocenters. The van der Waals surface area contributed by atoms with E-state index in [1.807, 2.05) is 24.3 Å². The lowest BCUT2D eigenvalue weighted by atomic mass is 9.97. The molecular formula is C19H22N2O4. The summed E-state index contributed by atoms with van der Waals surface area (Å²) < 4.78 is 5.24. The highest BCUT2D eigenvalue weighted by Gasteiger charge is 2.19. The Morgan fingerprint density at radius 1 is 1.24 bits per heavy atom. The van der Waals surface area contributed by atoms with Crippen LogP contribution in [-0.2, 0) is 0 Å². The van der Waals surface area contributed by atoms with E-state index in [1.54, 1.807) is 6.92 Å². The number of rotatable bonds is 7. The van der Waals surface area contributed by atoms with Gasteiger partial charge in [-0.05, 0) is 43.0 Å². The highest BCUT2D eigenvalue weighted by Crippen LogP contribution is 2.30. The van der Waals surface area contributed by atoms with Gasteiger partial charge in [0, 0.05) is 17.3 Å². The summed E-state index contributed by atoms with van der Waals surface area (Å²) in [6.45, 7) is 6.23. The number of hydrogen-bond donors (Lipinski definition) is 1. The lowest BCUT2D eigenvalue weighted by Crippen LogP contribution is -2.14. The van der Waals surface area contributed by atoms with Gasteiger partial charge < -0.3 is 10.1 Å². The number of ether oxygens (including phenoxy) is 1. The summed E-state index contributed by atoms with van der Waals surface area (Å²) in [6.07, 6.45) is 0.946. The largest absolute Gasteiger partial charge is 0.487 e. The third-order valence-corrected chi connectivity index (χ3v) is 4.07. The second kappa shape index (κ2) is 8.28. The normalized spacial score (nSPS) is 11.6. The van der Waals surface area contributed by atoms with Crippen molar-refractivity contribution >= 4 is 17.3 Å². The first kappa shape index (κ1) is 18.4. The Bertz CT molecular complexity index is 774. The van der Waals surface area contributed by atoms with E-state index < -0.39 is 4.92 Å². The zero-order valence-electron chi connectivity index (χ0n) is 14.6. The molecule has 0 saturated carbocycles. The smallest absolute Gasteiger partial charge is 0.311 e. The highest BCUT2D eigenvalue weighted by molar-refractivity contribution is 6.05. The second-order valence-corrected chi connectivity index (χ2v) is 5.72. The third-order valence-electron chi connectivity index (χ3n) is 4.07. The molecule has 0 heterocycles. The van der Waals surface area contributed by atoms with Gasteiger partial charge in [0.25, 0.3) is 5.91 Å². The molecule has 0 aliphatic carbocycles.